The Morgan fingerprint density at radius 2 is 2.20 bits per heavy atom. The first-order chi connectivity index (χ1) is 7.17. The first kappa shape index (κ1) is 11.9. The Morgan fingerprint density at radius 1 is 1.47 bits per heavy atom. The monoisotopic (exact) mass is 228 g/mol. The van der Waals surface area contributed by atoms with Crippen molar-refractivity contribution in [3.8, 4) is 11.5 Å². The number of benzene rings is 1. The van der Waals surface area contributed by atoms with Crippen LogP contribution >= 0.6 is 11.6 Å². The molecule has 0 amide bonds. The van der Waals surface area contributed by atoms with Gasteiger partial charge in [-0.05, 0) is 17.7 Å². The molecule has 1 aromatic carbocycles. The standard InChI is InChI=1S/C11H13ClO3/c1-8(12)7-15-10-4-3-9(6-13)5-11(10)14-2/h3-5,13H,1,6-7H2,2H3. The van der Waals surface area contributed by atoms with Crippen LogP contribution in [-0.4, -0.2) is 18.8 Å². The minimum Gasteiger partial charge on any atom is -0.493 e. The summed E-state index contributed by atoms with van der Waals surface area (Å²) in [5.74, 6) is 1.15. The summed E-state index contributed by atoms with van der Waals surface area (Å²) in [6.07, 6.45) is 0. The average molecular weight is 229 g/mol. The van der Waals surface area contributed by atoms with Gasteiger partial charge in [-0.3, -0.25) is 0 Å². The van der Waals surface area contributed by atoms with Crippen molar-refractivity contribution in [1.82, 2.24) is 0 Å². The predicted molar refractivity (Wildman–Crippen MR) is 59.4 cm³/mol. The Bertz CT molecular complexity index is 350. The van der Waals surface area contributed by atoms with Gasteiger partial charge in [0.1, 0.15) is 6.61 Å². The van der Waals surface area contributed by atoms with Gasteiger partial charge in [0.05, 0.1) is 13.7 Å². The van der Waals surface area contributed by atoms with Gasteiger partial charge in [0, 0.05) is 5.03 Å². The van der Waals surface area contributed by atoms with E-state index in [0.717, 1.165) is 5.56 Å². The summed E-state index contributed by atoms with van der Waals surface area (Å²) in [7, 11) is 1.54. The summed E-state index contributed by atoms with van der Waals surface area (Å²) in [5.41, 5.74) is 0.768. The zero-order valence-electron chi connectivity index (χ0n) is 8.50. The Balaban J connectivity index is 2.82. The van der Waals surface area contributed by atoms with E-state index in [1.54, 1.807) is 25.3 Å². The van der Waals surface area contributed by atoms with Gasteiger partial charge in [-0.1, -0.05) is 24.2 Å². The first-order valence-corrected chi connectivity index (χ1v) is 4.79. The lowest BCUT2D eigenvalue weighted by atomic mass is 10.2. The van der Waals surface area contributed by atoms with Crippen LogP contribution in [0.25, 0.3) is 0 Å². The molecule has 15 heavy (non-hydrogen) atoms. The van der Waals surface area contributed by atoms with E-state index in [-0.39, 0.29) is 13.2 Å². The highest BCUT2D eigenvalue weighted by molar-refractivity contribution is 6.29. The van der Waals surface area contributed by atoms with Crippen molar-refractivity contribution >= 4 is 11.6 Å². The maximum atomic E-state index is 8.93. The van der Waals surface area contributed by atoms with Gasteiger partial charge in [0.2, 0.25) is 0 Å². The summed E-state index contributed by atoms with van der Waals surface area (Å²) in [6.45, 7) is 3.72. The number of hydrogen-bond donors (Lipinski definition) is 1. The molecule has 0 fully saturated rings. The summed E-state index contributed by atoms with van der Waals surface area (Å²) in [6, 6.07) is 5.20. The number of hydrogen-bond acceptors (Lipinski definition) is 3. The quantitative estimate of drug-likeness (QED) is 0.841. The third kappa shape index (κ3) is 3.46. The maximum absolute atomic E-state index is 8.93. The molecule has 0 aliphatic rings. The van der Waals surface area contributed by atoms with Crippen LogP contribution in [0.1, 0.15) is 5.56 Å². The van der Waals surface area contributed by atoms with Crippen LogP contribution in [0.4, 0.5) is 0 Å². The molecule has 1 rings (SSSR count). The summed E-state index contributed by atoms with van der Waals surface area (Å²) < 4.78 is 10.5. The Kier molecular flexibility index (Phi) is 4.46. The zero-order chi connectivity index (χ0) is 11.3. The molecule has 0 aromatic heterocycles. The van der Waals surface area contributed by atoms with Crippen molar-refractivity contribution in [3.63, 3.8) is 0 Å². The lowest BCUT2D eigenvalue weighted by Gasteiger charge is -2.10. The van der Waals surface area contributed by atoms with Gasteiger partial charge in [-0.15, -0.1) is 0 Å². The normalized spacial score (nSPS) is 9.80. The molecule has 0 saturated heterocycles. The molecule has 0 saturated carbocycles. The molecule has 0 aliphatic heterocycles. The van der Waals surface area contributed by atoms with Crippen LogP contribution < -0.4 is 9.47 Å². The van der Waals surface area contributed by atoms with Crippen LogP contribution in [0.2, 0.25) is 0 Å². The smallest absolute Gasteiger partial charge is 0.161 e. The van der Waals surface area contributed by atoms with E-state index in [4.69, 9.17) is 26.2 Å². The highest BCUT2D eigenvalue weighted by Gasteiger charge is 2.05. The molecular weight excluding hydrogens is 216 g/mol. The van der Waals surface area contributed by atoms with E-state index in [1.165, 1.54) is 0 Å². The minimum absolute atomic E-state index is 0.0289. The Hall–Kier alpha value is -1.19. The second kappa shape index (κ2) is 5.63. The van der Waals surface area contributed by atoms with Crippen molar-refractivity contribution in [3.05, 3.63) is 35.4 Å². The second-order valence-electron chi connectivity index (χ2n) is 2.95. The van der Waals surface area contributed by atoms with Crippen LogP contribution in [0.15, 0.2) is 29.8 Å². The molecule has 0 heterocycles. The molecule has 1 aromatic rings. The Morgan fingerprint density at radius 3 is 2.73 bits per heavy atom. The fourth-order valence-electron chi connectivity index (χ4n) is 1.09. The molecule has 0 spiro atoms. The van der Waals surface area contributed by atoms with E-state index in [9.17, 15) is 0 Å². The van der Waals surface area contributed by atoms with E-state index in [0.29, 0.717) is 16.5 Å². The highest BCUT2D eigenvalue weighted by Crippen LogP contribution is 2.28. The molecule has 3 nitrogen and oxygen atoms in total. The molecule has 0 radical (unpaired) electrons. The number of rotatable bonds is 5. The third-order valence-corrected chi connectivity index (χ3v) is 1.90. The van der Waals surface area contributed by atoms with Gasteiger partial charge in [0.25, 0.3) is 0 Å². The van der Waals surface area contributed by atoms with Crippen molar-refractivity contribution in [2.24, 2.45) is 0 Å². The minimum atomic E-state index is -0.0289. The van der Waals surface area contributed by atoms with Crippen molar-refractivity contribution in [2.45, 2.75) is 6.61 Å². The number of ether oxygens (including phenoxy) is 2. The molecule has 4 heteroatoms. The zero-order valence-corrected chi connectivity index (χ0v) is 9.25. The summed E-state index contributed by atoms with van der Waals surface area (Å²) in [4.78, 5) is 0. The lowest BCUT2D eigenvalue weighted by molar-refractivity contribution is 0.279. The van der Waals surface area contributed by atoms with Gasteiger partial charge < -0.3 is 14.6 Å². The van der Waals surface area contributed by atoms with E-state index >= 15 is 0 Å². The van der Waals surface area contributed by atoms with E-state index in [2.05, 4.69) is 6.58 Å². The van der Waals surface area contributed by atoms with E-state index in [1.807, 2.05) is 0 Å². The fourth-order valence-corrected chi connectivity index (χ4v) is 1.14. The van der Waals surface area contributed by atoms with Crippen molar-refractivity contribution in [1.29, 1.82) is 0 Å². The molecule has 0 atom stereocenters. The van der Waals surface area contributed by atoms with Crippen LogP contribution in [0.5, 0.6) is 11.5 Å². The van der Waals surface area contributed by atoms with Crippen LogP contribution in [0.3, 0.4) is 0 Å². The highest BCUT2D eigenvalue weighted by atomic mass is 35.5. The SMILES string of the molecule is C=C(Cl)COc1ccc(CO)cc1OC. The summed E-state index contributed by atoms with van der Waals surface area (Å²) >= 11 is 5.58. The lowest BCUT2D eigenvalue weighted by Crippen LogP contribution is -1.99. The maximum Gasteiger partial charge on any atom is 0.161 e. The topological polar surface area (TPSA) is 38.7 Å². The van der Waals surface area contributed by atoms with Crippen molar-refractivity contribution in [2.75, 3.05) is 13.7 Å². The fraction of sp³-hybridized carbons (Fsp3) is 0.273. The number of halogens is 1. The number of aliphatic hydroxyl groups is 1. The molecule has 0 aliphatic carbocycles. The summed E-state index contributed by atoms with van der Waals surface area (Å²) in [5, 5.41) is 9.35. The number of aliphatic hydroxyl groups excluding tert-OH is 1. The molecule has 0 bridgehead atoms. The van der Waals surface area contributed by atoms with Crippen LogP contribution in [0, 0.1) is 0 Å². The molecule has 1 N–H and O–H groups in total. The van der Waals surface area contributed by atoms with Gasteiger partial charge >= 0.3 is 0 Å². The second-order valence-corrected chi connectivity index (χ2v) is 3.48. The van der Waals surface area contributed by atoms with E-state index < -0.39 is 0 Å². The Labute approximate surface area is 93.9 Å². The average Bonchev–Trinajstić information content (AvgIpc) is 2.25. The molecular formula is C11H13ClO3. The largest absolute Gasteiger partial charge is 0.493 e. The molecule has 82 valence electrons. The number of methoxy groups -OCH3 is 1. The first-order valence-electron chi connectivity index (χ1n) is 4.41. The third-order valence-electron chi connectivity index (χ3n) is 1.79. The molecule has 0 unspecified atom stereocenters. The predicted octanol–water partition coefficient (Wildman–Crippen LogP) is 2.32. The van der Waals surface area contributed by atoms with Crippen molar-refractivity contribution < 1.29 is 14.6 Å². The van der Waals surface area contributed by atoms with Gasteiger partial charge in [-0.25, -0.2) is 0 Å². The van der Waals surface area contributed by atoms with Crippen LogP contribution in [-0.2, 0) is 6.61 Å². The van der Waals surface area contributed by atoms with Gasteiger partial charge in [-0.2, -0.15) is 0 Å². The van der Waals surface area contributed by atoms with Gasteiger partial charge in [0.15, 0.2) is 11.5 Å².